The number of para-hydroxylation sites is 2. The van der Waals surface area contributed by atoms with Gasteiger partial charge in [0.1, 0.15) is 17.1 Å². The van der Waals surface area contributed by atoms with Crippen LogP contribution in [-0.2, 0) is 47.3 Å². The summed E-state index contributed by atoms with van der Waals surface area (Å²) in [5.74, 6) is -1.02. The van der Waals surface area contributed by atoms with E-state index < -0.39 is 56.0 Å². The Hall–Kier alpha value is -4.10. The van der Waals surface area contributed by atoms with Gasteiger partial charge < -0.3 is 34.2 Å². The summed E-state index contributed by atoms with van der Waals surface area (Å²) in [7, 11) is -8.13. The molecule has 475 valence electrons. The Morgan fingerprint density at radius 3 is 1.37 bits per heavy atom. The first-order chi connectivity index (χ1) is 41.2. The van der Waals surface area contributed by atoms with Crippen molar-refractivity contribution in [3.8, 4) is 17.6 Å². The number of benzene rings is 6. The van der Waals surface area contributed by atoms with Gasteiger partial charge in [0.05, 0.1) is 27.2 Å². The van der Waals surface area contributed by atoms with Crippen molar-refractivity contribution in [2.24, 2.45) is 11.8 Å². The van der Waals surface area contributed by atoms with Crippen LogP contribution in [0.4, 0.5) is 42.5 Å². The van der Waals surface area contributed by atoms with Crippen molar-refractivity contribution >= 4 is 111 Å². The SMILES string of the molecule is BrCCc1ccccc1.CC#N.CC(C)(C)OC(=O)N1CCCC(CN(c2ccccc2)S(=O)(=O)c2ccc(OC(F)(F)F)cc2)C1.O=CO[O-].O=S(=O)(c1ccc(OC(F)(F)F)cc1)N(CC1CCCN(CCc2ccccc2)C1)c1ccccc1.[2HH].[K+].[K]. The number of halogens is 7. The number of piperidine rings is 2. The maximum absolute atomic E-state index is 13.6. The predicted octanol–water partition coefficient (Wildman–Crippen LogP) is 9.62. The Morgan fingerprint density at radius 2 is 1.01 bits per heavy atom. The molecular weight excluding hydrogens is 1330 g/mol. The topological polar surface area (TPSA) is 199 Å². The van der Waals surface area contributed by atoms with Crippen LogP contribution < -0.4 is 74.7 Å². The zero-order valence-corrected chi connectivity index (χ0v) is 60.0. The molecule has 0 saturated carbocycles. The first-order valence-corrected chi connectivity index (χ1v) is 31.5. The van der Waals surface area contributed by atoms with E-state index in [2.05, 4.69) is 71.6 Å². The molecule has 2 saturated heterocycles. The van der Waals surface area contributed by atoms with Gasteiger partial charge in [0.2, 0.25) is 0 Å². The smallest absolute Gasteiger partial charge is 0.662 e. The maximum atomic E-state index is 13.6. The molecule has 89 heavy (non-hydrogen) atoms. The molecule has 1 radical (unpaired) electrons. The van der Waals surface area contributed by atoms with Crippen molar-refractivity contribution in [3.05, 3.63) is 181 Å². The molecule has 6 aromatic rings. The number of sulfonamides is 2. The van der Waals surface area contributed by atoms with E-state index in [9.17, 15) is 48.0 Å². The number of likely N-dealkylation sites (tertiary alicyclic amines) is 2. The Bertz CT molecular complexity index is 3250. The number of nitrogens with zero attached hydrogens (tertiary/aromatic N) is 5. The van der Waals surface area contributed by atoms with Crippen molar-refractivity contribution in [1.82, 2.24) is 9.80 Å². The predicted molar refractivity (Wildman–Crippen MR) is 328 cm³/mol. The van der Waals surface area contributed by atoms with Crippen LogP contribution in [0.25, 0.3) is 0 Å². The van der Waals surface area contributed by atoms with Crippen LogP contribution in [0.15, 0.2) is 180 Å². The van der Waals surface area contributed by atoms with Crippen molar-refractivity contribution in [1.29, 1.82) is 5.26 Å². The molecule has 2 unspecified atom stereocenters. The summed E-state index contributed by atoms with van der Waals surface area (Å²) in [4.78, 5) is 27.5. The summed E-state index contributed by atoms with van der Waals surface area (Å²) < 4.78 is 145. The number of amides is 1. The number of carbonyl (C=O) groups is 2. The van der Waals surface area contributed by atoms with Gasteiger partial charge in [-0.3, -0.25) is 13.4 Å². The van der Waals surface area contributed by atoms with E-state index in [0.717, 1.165) is 99.2 Å². The number of carbonyl (C=O) groups excluding carboxylic acids is 2. The Morgan fingerprint density at radius 1 is 0.652 bits per heavy atom. The first kappa shape index (κ1) is 81.0. The normalized spacial score (nSPS) is 14.9. The van der Waals surface area contributed by atoms with Gasteiger partial charge in [-0.15, -0.1) is 26.3 Å². The molecule has 2 heterocycles. The van der Waals surface area contributed by atoms with E-state index in [0.29, 0.717) is 37.3 Å². The quantitative estimate of drug-likeness (QED) is 0.0197. The fourth-order valence-corrected chi connectivity index (χ4v) is 12.7. The van der Waals surface area contributed by atoms with Gasteiger partial charge in [-0.05, 0) is 162 Å². The van der Waals surface area contributed by atoms with Crippen LogP contribution in [0, 0.1) is 23.2 Å². The average molecular weight is 1400 g/mol. The number of hydrogen-bond acceptors (Lipinski definition) is 13. The number of hydrogen-bond donors (Lipinski definition) is 0. The van der Waals surface area contributed by atoms with Gasteiger partial charge in [0.25, 0.3) is 26.5 Å². The fourth-order valence-electron chi connectivity index (χ4n) is 9.12. The number of anilines is 2. The van der Waals surface area contributed by atoms with Crippen LogP contribution in [0.3, 0.4) is 0 Å². The molecule has 2 aliphatic rings. The second-order valence-electron chi connectivity index (χ2n) is 20.6. The zero-order chi connectivity index (χ0) is 64.1. The Balaban J connectivity index is 0.000000704. The monoisotopic (exact) mass is 1400 g/mol. The Kier molecular flexibility index (Phi) is 37.1. The number of ether oxygens (including phenoxy) is 3. The van der Waals surface area contributed by atoms with Gasteiger partial charge in [-0.2, -0.15) is 5.26 Å². The number of alkyl halides is 7. The minimum atomic E-state index is -4.88. The molecule has 2 fully saturated rings. The summed E-state index contributed by atoms with van der Waals surface area (Å²) in [5, 5.41) is 16.8. The van der Waals surface area contributed by atoms with Crippen molar-refractivity contribution < 1.29 is 130 Å². The third-order valence-electron chi connectivity index (χ3n) is 12.8. The fraction of sp³-hybridized carbons (Fsp3) is 0.371. The maximum Gasteiger partial charge on any atom is 1.00 e. The van der Waals surface area contributed by atoms with E-state index in [1.165, 1.54) is 26.7 Å². The van der Waals surface area contributed by atoms with Crippen molar-refractivity contribution in [2.45, 2.75) is 94.3 Å². The largest absolute Gasteiger partial charge is 1.00 e. The molecule has 0 spiro atoms. The van der Waals surface area contributed by atoms with Crippen LogP contribution in [0.1, 0.15) is 65.9 Å². The molecule has 0 aliphatic carbocycles. The number of nitriles is 1. The van der Waals surface area contributed by atoms with Crippen LogP contribution >= 0.6 is 15.9 Å². The van der Waals surface area contributed by atoms with Gasteiger partial charge in [-0.1, -0.05) is 113 Å². The molecule has 2 atom stereocenters. The summed E-state index contributed by atoms with van der Waals surface area (Å²) in [6.07, 6.45) is -4.84. The molecule has 6 aromatic carbocycles. The van der Waals surface area contributed by atoms with E-state index in [-0.39, 0.29) is 145 Å². The molecule has 0 bridgehead atoms. The Labute approximate surface area is 613 Å². The summed E-state index contributed by atoms with van der Waals surface area (Å²) >= 11 is 3.39. The summed E-state index contributed by atoms with van der Waals surface area (Å²) in [6.45, 7) is 10.5. The van der Waals surface area contributed by atoms with Crippen molar-refractivity contribution in [2.75, 3.05) is 59.8 Å². The molecule has 0 aromatic heterocycles. The number of rotatable bonds is 18. The average Bonchev–Trinajstić information content (AvgIpc) is 0.920. The van der Waals surface area contributed by atoms with E-state index in [1.54, 1.807) is 86.3 Å². The first-order valence-electron chi connectivity index (χ1n) is 27.5. The third kappa shape index (κ3) is 30.5. The minimum Gasteiger partial charge on any atom is -0.662 e. The van der Waals surface area contributed by atoms with E-state index >= 15 is 0 Å². The van der Waals surface area contributed by atoms with Gasteiger partial charge >= 0.3 is 70.2 Å². The van der Waals surface area contributed by atoms with E-state index in [4.69, 9.17) is 20.1 Å². The van der Waals surface area contributed by atoms with Gasteiger partial charge in [0.15, 0.2) is 0 Å². The van der Waals surface area contributed by atoms with Crippen molar-refractivity contribution in [3.63, 3.8) is 0 Å². The van der Waals surface area contributed by atoms with E-state index in [1.807, 2.05) is 30.3 Å². The molecular formula is C62H73BrF6K2N5O11S2. The van der Waals surface area contributed by atoms with Gasteiger partial charge in [-0.25, -0.2) is 21.6 Å². The molecule has 1 amide bonds. The molecule has 0 N–H and O–H groups in total. The second kappa shape index (κ2) is 40.8. The minimum absolute atomic E-state index is 0. The summed E-state index contributed by atoms with van der Waals surface area (Å²) in [6, 6.07) is 48.2. The summed E-state index contributed by atoms with van der Waals surface area (Å²) in [5.41, 5.74) is 2.96. The van der Waals surface area contributed by atoms with Gasteiger partial charge in [0, 0.05) is 104 Å². The third-order valence-corrected chi connectivity index (χ3v) is 16.8. The van der Waals surface area contributed by atoms with Crippen LogP contribution in [0.5, 0.6) is 11.5 Å². The standard InChI is InChI=1S/C27H29F3N2O3S.C24H29F3N2O5S.C8H9Br.C2H3N.CH2O3.2K.H2/c28-27(29,30)35-25-13-15-26(16-14-25)36(33,34)32(24-11-5-2-6-12-24)21-23-10-7-18-31(20-23)19-17-22-8-3-1-4-9-22;1-23(2,3)34-22(30)28-15-7-8-18(16-28)17-29(19-9-5-4-6-10-19)35(31,32)21-13-11-20(12-14-21)33-24(25,26)27;9-7-6-8-4-2-1-3-5-8;1-2-3;2-1-4-3;;;/h1-6,8-9,11-16,23H,7,10,17-21H2;4-6,9-14,18H,7-8,15-17H2,1-3H3;1-5H,6-7H2;1H3;1,3H;;;1H/q;;;;;;+1;/p-1/i;;;;;;;1+1. The van der Waals surface area contributed by atoms with Crippen LogP contribution in [0.2, 0.25) is 0 Å². The van der Waals surface area contributed by atoms with Crippen LogP contribution in [-0.4, -0.2) is 160 Å². The molecule has 8 rings (SSSR count). The molecule has 2 aliphatic heterocycles. The molecule has 27 heteroatoms. The molecule has 16 nitrogen and oxygen atoms in total. The zero-order valence-electron chi connectivity index (χ0n) is 50.5. The second-order valence-corrected chi connectivity index (χ2v) is 25.1. The number of aryl methyl sites for hydroxylation is 1.